The molecular formula is C24H22N6O5. The van der Waals surface area contributed by atoms with Gasteiger partial charge in [-0.2, -0.15) is 9.94 Å². The normalized spacial score (nSPS) is 11.3. The molecule has 11 nitrogen and oxygen atoms in total. The van der Waals surface area contributed by atoms with Crippen LogP contribution in [0.4, 0.5) is 17.1 Å². The average Bonchev–Trinajstić information content (AvgIpc) is 2.81. The van der Waals surface area contributed by atoms with E-state index >= 15 is 0 Å². The maximum Gasteiger partial charge on any atom is 0.300 e. The Balaban J connectivity index is 2.34. The number of rotatable bonds is 5. The summed E-state index contributed by atoms with van der Waals surface area (Å²) in [5.74, 6) is -1.39. The van der Waals surface area contributed by atoms with E-state index in [1.807, 2.05) is 6.07 Å². The molecule has 2 N–H and O–H groups in total. The molecule has 3 rings (SSSR count). The zero-order valence-corrected chi connectivity index (χ0v) is 19.4. The van der Waals surface area contributed by atoms with Crippen molar-refractivity contribution in [3.63, 3.8) is 0 Å². The van der Waals surface area contributed by atoms with E-state index in [0.29, 0.717) is 15.8 Å². The Bertz CT molecular complexity index is 1450. The number of benzene rings is 2. The third kappa shape index (κ3) is 5.06. The molecular weight excluding hydrogens is 452 g/mol. The monoisotopic (exact) mass is 474 g/mol. The molecule has 35 heavy (non-hydrogen) atoms. The van der Waals surface area contributed by atoms with Gasteiger partial charge in [0.25, 0.3) is 5.69 Å². The summed E-state index contributed by atoms with van der Waals surface area (Å²) in [6.45, 7) is 6.48. The smallest absolute Gasteiger partial charge is 0.300 e. The number of nitro benzene ring substituents is 1. The zero-order valence-electron chi connectivity index (χ0n) is 19.4. The van der Waals surface area contributed by atoms with Gasteiger partial charge < -0.3 is 5.11 Å². The first-order valence-corrected chi connectivity index (χ1v) is 10.4. The molecule has 1 amide bonds. The van der Waals surface area contributed by atoms with Crippen LogP contribution in [0.1, 0.15) is 31.9 Å². The molecule has 0 unspecified atom stereocenters. The van der Waals surface area contributed by atoms with Crippen LogP contribution in [0.25, 0.3) is 11.1 Å². The zero-order chi connectivity index (χ0) is 25.9. The van der Waals surface area contributed by atoms with Crippen LogP contribution in [0.5, 0.6) is 5.88 Å². The molecule has 0 atom stereocenters. The summed E-state index contributed by atoms with van der Waals surface area (Å²) in [6.07, 6.45) is 0. The molecule has 3 aromatic rings. The van der Waals surface area contributed by atoms with Crippen molar-refractivity contribution < 1.29 is 14.8 Å². The average molecular weight is 474 g/mol. The Kier molecular flexibility index (Phi) is 6.77. The highest BCUT2D eigenvalue weighted by molar-refractivity contribution is 5.89. The van der Waals surface area contributed by atoms with Gasteiger partial charge in [-0.15, -0.1) is 10.2 Å². The summed E-state index contributed by atoms with van der Waals surface area (Å²) >= 11 is 0. The van der Waals surface area contributed by atoms with E-state index in [2.05, 4.69) is 15.7 Å². The Labute approximate surface area is 200 Å². The van der Waals surface area contributed by atoms with Crippen molar-refractivity contribution in [2.24, 2.45) is 15.6 Å². The molecule has 0 fully saturated rings. The number of aryl methyl sites for hydroxylation is 1. The number of nitro groups is 1. The fourth-order valence-electron chi connectivity index (χ4n) is 3.08. The molecule has 0 aliphatic rings. The number of aromatic hydroxyl groups is 1. The topological polar surface area (TPSA) is 163 Å². The van der Waals surface area contributed by atoms with Crippen LogP contribution in [0.3, 0.4) is 0 Å². The predicted octanol–water partition coefficient (Wildman–Crippen LogP) is 4.84. The Hall–Kier alpha value is -4.85. The van der Waals surface area contributed by atoms with E-state index in [9.17, 15) is 30.1 Å². The molecule has 2 aromatic carbocycles. The van der Waals surface area contributed by atoms with Gasteiger partial charge in [-0.3, -0.25) is 25.1 Å². The van der Waals surface area contributed by atoms with E-state index < -0.39 is 33.4 Å². The second-order valence-electron chi connectivity index (χ2n) is 8.68. The van der Waals surface area contributed by atoms with Crippen LogP contribution >= 0.6 is 0 Å². The van der Waals surface area contributed by atoms with Gasteiger partial charge in [0.15, 0.2) is 11.4 Å². The molecule has 0 aliphatic heterocycles. The maximum atomic E-state index is 13.4. The number of aromatic nitrogens is 1. The minimum absolute atomic E-state index is 0.0321. The Morgan fingerprint density at radius 2 is 1.83 bits per heavy atom. The molecule has 178 valence electrons. The van der Waals surface area contributed by atoms with Crippen LogP contribution in [-0.2, 0) is 4.79 Å². The third-order valence-corrected chi connectivity index (χ3v) is 4.98. The quantitative estimate of drug-likeness (QED) is 0.305. The van der Waals surface area contributed by atoms with E-state index in [1.54, 1.807) is 64.1 Å². The number of carbonyl (C=O) groups is 1. The van der Waals surface area contributed by atoms with E-state index in [1.165, 1.54) is 12.1 Å². The molecule has 0 radical (unpaired) electrons. The first-order valence-electron chi connectivity index (χ1n) is 10.4. The number of hydrogen-bond donors (Lipinski definition) is 2. The highest BCUT2D eigenvalue weighted by Crippen LogP contribution is 2.37. The van der Waals surface area contributed by atoms with Crippen molar-refractivity contribution >= 4 is 23.0 Å². The van der Waals surface area contributed by atoms with Crippen molar-refractivity contribution in [1.29, 1.82) is 5.26 Å². The number of carbonyl (C=O) groups excluding carboxylic acids is 1. The van der Waals surface area contributed by atoms with Crippen molar-refractivity contribution in [2.75, 3.05) is 5.43 Å². The number of nitriles is 1. The molecule has 1 heterocycles. The third-order valence-electron chi connectivity index (χ3n) is 4.98. The van der Waals surface area contributed by atoms with Crippen LogP contribution in [0.15, 0.2) is 63.6 Å². The summed E-state index contributed by atoms with van der Waals surface area (Å²) < 4.78 is 0.524. The summed E-state index contributed by atoms with van der Waals surface area (Å²) in [6, 6.07) is 14.4. The maximum absolute atomic E-state index is 13.4. The lowest BCUT2D eigenvalue weighted by molar-refractivity contribution is -0.384. The lowest BCUT2D eigenvalue weighted by Crippen LogP contribution is -2.39. The highest BCUT2D eigenvalue weighted by atomic mass is 16.6. The van der Waals surface area contributed by atoms with Crippen molar-refractivity contribution in [3.05, 3.63) is 80.1 Å². The predicted molar refractivity (Wildman–Crippen MR) is 128 cm³/mol. The number of amides is 1. The number of hydrogen-bond acceptors (Lipinski definition) is 8. The van der Waals surface area contributed by atoms with Gasteiger partial charge in [-0.1, -0.05) is 57.2 Å². The minimum atomic E-state index is -0.975. The van der Waals surface area contributed by atoms with E-state index in [0.717, 1.165) is 0 Å². The summed E-state index contributed by atoms with van der Waals surface area (Å²) in [5.41, 5.74) is 0.199. The summed E-state index contributed by atoms with van der Waals surface area (Å²) in [4.78, 5) is 36.8. The first kappa shape index (κ1) is 24.8. The van der Waals surface area contributed by atoms with E-state index in [4.69, 9.17) is 0 Å². The molecule has 0 aliphatic carbocycles. The van der Waals surface area contributed by atoms with Crippen molar-refractivity contribution in [3.8, 4) is 23.1 Å². The van der Waals surface area contributed by atoms with Crippen molar-refractivity contribution in [1.82, 2.24) is 4.68 Å². The van der Waals surface area contributed by atoms with Crippen LogP contribution in [0.2, 0.25) is 0 Å². The highest BCUT2D eigenvalue weighted by Gasteiger charge is 2.28. The lowest BCUT2D eigenvalue weighted by atomic mass is 9.96. The molecule has 11 heteroatoms. The van der Waals surface area contributed by atoms with Crippen LogP contribution in [-0.4, -0.2) is 20.6 Å². The standard InChI is InChI=1S/C24H22N6O5/c1-14-10-11-17(18(12-14)30(34)35)26-27-20-19(15-8-6-5-7-9-15)16(13-25)21(31)29(22(20)32)28-23(33)24(2,3)4/h5-12,31H,1-4H3,(H,28,33). The first-order chi connectivity index (χ1) is 16.5. The molecule has 0 spiro atoms. The lowest BCUT2D eigenvalue weighted by Gasteiger charge is -2.21. The number of nitrogens with zero attached hydrogens (tertiary/aromatic N) is 5. The fraction of sp³-hybridized carbons (Fsp3) is 0.208. The van der Waals surface area contributed by atoms with Gasteiger partial charge in [0, 0.05) is 17.0 Å². The fourth-order valence-corrected chi connectivity index (χ4v) is 3.08. The molecule has 1 aromatic heterocycles. The second kappa shape index (κ2) is 9.56. The Morgan fingerprint density at radius 1 is 1.17 bits per heavy atom. The molecule has 0 saturated heterocycles. The SMILES string of the molecule is Cc1ccc(N=Nc2c(-c3ccccc3)c(C#N)c(O)n(NC(=O)C(C)(C)C)c2=O)c([N+](=O)[O-])c1. The van der Waals surface area contributed by atoms with Gasteiger partial charge in [-0.05, 0) is 24.1 Å². The Morgan fingerprint density at radius 3 is 2.40 bits per heavy atom. The summed E-state index contributed by atoms with van der Waals surface area (Å²) in [5, 5.41) is 39.9. The number of nitrogens with one attached hydrogen (secondary N) is 1. The second-order valence-corrected chi connectivity index (χ2v) is 8.68. The van der Waals surface area contributed by atoms with E-state index in [-0.39, 0.29) is 22.5 Å². The summed E-state index contributed by atoms with van der Waals surface area (Å²) in [7, 11) is 0. The van der Waals surface area contributed by atoms with Gasteiger partial charge in [0.1, 0.15) is 11.6 Å². The van der Waals surface area contributed by atoms with Crippen molar-refractivity contribution in [2.45, 2.75) is 27.7 Å². The van der Waals surface area contributed by atoms with Crippen LogP contribution < -0.4 is 11.0 Å². The van der Waals surface area contributed by atoms with Crippen LogP contribution in [0, 0.1) is 33.8 Å². The van der Waals surface area contributed by atoms with Gasteiger partial charge in [-0.25, -0.2) is 0 Å². The van der Waals surface area contributed by atoms with Gasteiger partial charge >= 0.3 is 5.56 Å². The minimum Gasteiger partial charge on any atom is -0.492 e. The largest absolute Gasteiger partial charge is 0.492 e. The molecule has 0 saturated carbocycles. The van der Waals surface area contributed by atoms with Gasteiger partial charge in [0.2, 0.25) is 11.8 Å². The molecule has 0 bridgehead atoms. The number of azo groups is 1. The van der Waals surface area contributed by atoms with Gasteiger partial charge in [0.05, 0.1) is 4.92 Å². The number of pyridine rings is 1.